The van der Waals surface area contributed by atoms with Gasteiger partial charge in [-0.15, -0.1) is 0 Å². The van der Waals surface area contributed by atoms with Crippen molar-refractivity contribution >= 4 is 0 Å². The van der Waals surface area contributed by atoms with Crippen molar-refractivity contribution in [1.29, 1.82) is 0 Å². The Kier molecular flexibility index (Phi) is 4.73. The maximum Gasteiger partial charge on any atom is 0.124 e. The molecule has 1 aliphatic carbocycles. The van der Waals surface area contributed by atoms with E-state index in [9.17, 15) is 0 Å². The molecule has 4 heteroatoms. The molecule has 0 bridgehead atoms. The Morgan fingerprint density at radius 2 is 2.04 bits per heavy atom. The highest BCUT2D eigenvalue weighted by Crippen LogP contribution is 2.38. The summed E-state index contributed by atoms with van der Waals surface area (Å²) in [7, 11) is 2.07. The molecular weight excluding hydrogens is 310 g/mol. The summed E-state index contributed by atoms with van der Waals surface area (Å²) < 4.78 is 6.66. The summed E-state index contributed by atoms with van der Waals surface area (Å²) in [5, 5.41) is 3.43. The van der Waals surface area contributed by atoms with E-state index in [2.05, 4.69) is 52.6 Å². The van der Waals surface area contributed by atoms with Gasteiger partial charge in [-0.3, -0.25) is 9.88 Å². The van der Waals surface area contributed by atoms with Gasteiger partial charge in [0.05, 0.1) is 0 Å². The van der Waals surface area contributed by atoms with Crippen LogP contribution in [0.2, 0.25) is 0 Å². The van der Waals surface area contributed by atoms with Gasteiger partial charge >= 0.3 is 0 Å². The molecule has 1 aromatic heterocycles. The third-order valence-electron chi connectivity index (χ3n) is 5.64. The second-order valence-corrected chi connectivity index (χ2v) is 7.46. The molecular formula is C21H27N3O. The molecule has 1 aliphatic heterocycles. The third-order valence-corrected chi connectivity index (χ3v) is 5.64. The molecule has 0 saturated heterocycles. The van der Waals surface area contributed by atoms with Gasteiger partial charge in [0, 0.05) is 43.6 Å². The van der Waals surface area contributed by atoms with E-state index in [4.69, 9.17) is 4.74 Å². The highest BCUT2D eigenvalue weighted by atomic mass is 16.5. The first-order valence-corrected chi connectivity index (χ1v) is 9.32. The van der Waals surface area contributed by atoms with Gasteiger partial charge in [-0.1, -0.05) is 24.3 Å². The van der Waals surface area contributed by atoms with Crippen LogP contribution in [0.4, 0.5) is 0 Å². The van der Waals surface area contributed by atoms with E-state index in [0.29, 0.717) is 6.04 Å². The van der Waals surface area contributed by atoms with E-state index >= 15 is 0 Å². The Balaban J connectivity index is 1.60. The average molecular weight is 337 g/mol. The lowest BCUT2D eigenvalue weighted by atomic mass is 9.81. The normalized spacial score (nSPS) is 26.7. The molecule has 0 amide bonds. The van der Waals surface area contributed by atoms with Crippen LogP contribution in [0.3, 0.4) is 0 Å². The summed E-state index contributed by atoms with van der Waals surface area (Å²) in [4.78, 5) is 6.81. The summed E-state index contributed by atoms with van der Waals surface area (Å²) in [5.74, 6) is 1.07. The van der Waals surface area contributed by atoms with Crippen LogP contribution in [-0.2, 0) is 13.1 Å². The molecule has 2 aromatic rings. The predicted molar refractivity (Wildman–Crippen MR) is 99.5 cm³/mol. The minimum Gasteiger partial charge on any atom is -0.486 e. The number of benzene rings is 1. The molecule has 0 radical (unpaired) electrons. The lowest BCUT2D eigenvalue weighted by Crippen LogP contribution is -2.50. The number of rotatable bonds is 3. The zero-order valence-electron chi connectivity index (χ0n) is 14.9. The molecule has 1 aromatic carbocycles. The van der Waals surface area contributed by atoms with Crippen LogP contribution in [0.5, 0.6) is 5.75 Å². The first-order valence-electron chi connectivity index (χ1n) is 9.32. The quantitative estimate of drug-likeness (QED) is 0.932. The van der Waals surface area contributed by atoms with Crippen molar-refractivity contribution in [2.75, 3.05) is 13.6 Å². The fraction of sp³-hybridized carbons (Fsp3) is 0.476. The van der Waals surface area contributed by atoms with Gasteiger partial charge in [0.2, 0.25) is 0 Å². The SMILES string of the molecule is CNC1CCC2(CC1)CN(Cc1cccnc1)Cc1ccccc1O2. The van der Waals surface area contributed by atoms with Gasteiger partial charge in [-0.05, 0) is 50.4 Å². The van der Waals surface area contributed by atoms with E-state index in [1.807, 2.05) is 18.5 Å². The van der Waals surface area contributed by atoms with Crippen molar-refractivity contribution in [3.63, 3.8) is 0 Å². The van der Waals surface area contributed by atoms with Gasteiger partial charge in [0.15, 0.2) is 0 Å². The van der Waals surface area contributed by atoms with Crippen molar-refractivity contribution in [2.24, 2.45) is 0 Å². The maximum absolute atomic E-state index is 6.66. The average Bonchev–Trinajstić information content (AvgIpc) is 2.79. The van der Waals surface area contributed by atoms with Crippen LogP contribution < -0.4 is 10.1 Å². The van der Waals surface area contributed by atoms with Gasteiger partial charge < -0.3 is 10.1 Å². The summed E-state index contributed by atoms with van der Waals surface area (Å²) in [6, 6.07) is 13.3. The Hall–Kier alpha value is -1.91. The standard InChI is InChI=1S/C21H27N3O/c1-22-19-8-10-21(11-9-19)16-24(14-17-5-4-12-23-13-17)15-18-6-2-3-7-20(18)25-21/h2-7,12-13,19,22H,8-11,14-16H2,1H3. The largest absolute Gasteiger partial charge is 0.486 e. The summed E-state index contributed by atoms with van der Waals surface area (Å²) in [5.41, 5.74) is 2.49. The molecule has 0 unspecified atom stereocenters. The minimum atomic E-state index is -0.0673. The second kappa shape index (κ2) is 7.14. The van der Waals surface area contributed by atoms with Crippen molar-refractivity contribution < 1.29 is 4.74 Å². The highest BCUT2D eigenvalue weighted by Gasteiger charge is 2.40. The summed E-state index contributed by atoms with van der Waals surface area (Å²) in [6.45, 7) is 2.83. The van der Waals surface area contributed by atoms with Crippen LogP contribution in [-0.4, -0.2) is 35.1 Å². The molecule has 1 N–H and O–H groups in total. The number of ether oxygens (including phenoxy) is 1. The Labute approximate surface area is 150 Å². The zero-order valence-corrected chi connectivity index (χ0v) is 14.9. The van der Waals surface area contributed by atoms with E-state index in [-0.39, 0.29) is 5.60 Å². The van der Waals surface area contributed by atoms with Gasteiger partial charge in [0.25, 0.3) is 0 Å². The number of nitrogens with zero attached hydrogens (tertiary/aromatic N) is 2. The number of para-hydroxylation sites is 1. The second-order valence-electron chi connectivity index (χ2n) is 7.46. The van der Waals surface area contributed by atoms with Gasteiger partial charge in [0.1, 0.15) is 11.4 Å². The molecule has 1 spiro atoms. The molecule has 25 heavy (non-hydrogen) atoms. The number of hydrogen-bond donors (Lipinski definition) is 1. The lowest BCUT2D eigenvalue weighted by molar-refractivity contribution is -0.00322. The molecule has 132 valence electrons. The fourth-order valence-corrected chi connectivity index (χ4v) is 4.26. The van der Waals surface area contributed by atoms with Crippen LogP contribution in [0.25, 0.3) is 0 Å². The third kappa shape index (κ3) is 3.70. The van der Waals surface area contributed by atoms with Crippen LogP contribution in [0.15, 0.2) is 48.8 Å². The monoisotopic (exact) mass is 337 g/mol. The lowest BCUT2D eigenvalue weighted by Gasteiger charge is -2.41. The van der Waals surface area contributed by atoms with Gasteiger partial charge in [-0.2, -0.15) is 0 Å². The molecule has 4 nitrogen and oxygen atoms in total. The smallest absolute Gasteiger partial charge is 0.124 e. The number of aromatic nitrogens is 1. The Bertz CT molecular complexity index is 695. The number of pyridine rings is 1. The summed E-state index contributed by atoms with van der Waals surface area (Å²) in [6.07, 6.45) is 8.39. The van der Waals surface area contributed by atoms with E-state index < -0.39 is 0 Å². The predicted octanol–water partition coefficient (Wildman–Crippen LogP) is 3.38. The first-order chi connectivity index (χ1) is 12.3. The molecule has 0 atom stereocenters. The molecule has 1 fully saturated rings. The number of nitrogens with one attached hydrogen (secondary N) is 1. The molecule has 1 saturated carbocycles. The topological polar surface area (TPSA) is 37.4 Å². The number of hydrogen-bond acceptors (Lipinski definition) is 4. The molecule has 2 heterocycles. The van der Waals surface area contributed by atoms with Crippen molar-refractivity contribution in [3.05, 3.63) is 59.9 Å². The minimum absolute atomic E-state index is 0.0673. The van der Waals surface area contributed by atoms with Crippen molar-refractivity contribution in [3.8, 4) is 5.75 Å². The Morgan fingerprint density at radius 3 is 2.80 bits per heavy atom. The maximum atomic E-state index is 6.66. The van der Waals surface area contributed by atoms with Crippen molar-refractivity contribution in [2.45, 2.75) is 50.4 Å². The van der Waals surface area contributed by atoms with Gasteiger partial charge in [-0.25, -0.2) is 0 Å². The van der Waals surface area contributed by atoms with Crippen LogP contribution >= 0.6 is 0 Å². The number of fused-ring (bicyclic) bond motifs is 1. The molecule has 2 aliphatic rings. The van der Waals surface area contributed by atoms with Crippen molar-refractivity contribution in [1.82, 2.24) is 15.2 Å². The highest BCUT2D eigenvalue weighted by molar-refractivity contribution is 5.35. The molecule has 4 rings (SSSR count). The summed E-state index contributed by atoms with van der Waals surface area (Å²) >= 11 is 0. The van der Waals surface area contributed by atoms with E-state index in [1.54, 1.807) is 0 Å². The van der Waals surface area contributed by atoms with Crippen LogP contribution in [0.1, 0.15) is 36.8 Å². The first kappa shape index (κ1) is 16.6. The van der Waals surface area contributed by atoms with E-state index in [0.717, 1.165) is 38.2 Å². The van der Waals surface area contributed by atoms with Crippen LogP contribution in [0, 0.1) is 0 Å². The fourth-order valence-electron chi connectivity index (χ4n) is 4.26. The zero-order chi connectivity index (χ0) is 17.1. The van der Waals surface area contributed by atoms with E-state index in [1.165, 1.54) is 24.0 Å². The Morgan fingerprint density at radius 1 is 1.20 bits per heavy atom.